The molecule has 6 heteroatoms. The number of rotatable bonds is 4. The van der Waals surface area contributed by atoms with Crippen LogP contribution in [-0.4, -0.2) is 23.5 Å². The van der Waals surface area contributed by atoms with Gasteiger partial charge in [-0.25, -0.2) is 9.18 Å². The summed E-state index contributed by atoms with van der Waals surface area (Å²) >= 11 is 0. The topological polar surface area (TPSA) is 92.4 Å². The van der Waals surface area contributed by atoms with Crippen molar-refractivity contribution < 1.29 is 19.1 Å². The molecule has 5 nitrogen and oxygen atoms in total. The summed E-state index contributed by atoms with van der Waals surface area (Å²) in [6, 6.07) is 3.17. The third-order valence-corrected chi connectivity index (χ3v) is 1.86. The number of hydrogen-bond donors (Lipinski definition) is 3. The first-order valence-corrected chi connectivity index (χ1v) is 4.57. The summed E-state index contributed by atoms with van der Waals surface area (Å²) in [4.78, 5) is 21.8. The van der Waals surface area contributed by atoms with Gasteiger partial charge in [-0.1, -0.05) is 0 Å². The maximum atomic E-state index is 13.2. The van der Waals surface area contributed by atoms with Crippen LogP contribution in [0.3, 0.4) is 0 Å². The average Bonchev–Trinajstić information content (AvgIpc) is 2.21. The lowest BCUT2D eigenvalue weighted by Crippen LogP contribution is -2.17. The predicted octanol–water partition coefficient (Wildman–Crippen LogP) is 0.811. The molecule has 0 spiro atoms. The molecule has 0 aliphatic heterocycles. The fourth-order valence-electron chi connectivity index (χ4n) is 1.10. The zero-order valence-electron chi connectivity index (χ0n) is 8.37. The Kier molecular flexibility index (Phi) is 3.96. The van der Waals surface area contributed by atoms with Gasteiger partial charge in [0.25, 0.3) is 0 Å². The van der Waals surface area contributed by atoms with Gasteiger partial charge >= 0.3 is 5.97 Å². The van der Waals surface area contributed by atoms with Crippen molar-refractivity contribution in [3.05, 3.63) is 29.6 Å². The Labute approximate surface area is 91.1 Å². The summed E-state index contributed by atoms with van der Waals surface area (Å²) in [5, 5.41) is 10.9. The molecule has 1 aromatic rings. The molecule has 86 valence electrons. The molecule has 0 bridgehead atoms. The van der Waals surface area contributed by atoms with E-state index in [1.807, 2.05) is 0 Å². The highest BCUT2D eigenvalue weighted by Gasteiger charge is 2.10. The van der Waals surface area contributed by atoms with Gasteiger partial charge in [0.2, 0.25) is 5.91 Å². The molecule has 1 aromatic carbocycles. The molecule has 0 radical (unpaired) electrons. The highest BCUT2D eigenvalue weighted by Crippen LogP contribution is 2.16. The second-order valence-corrected chi connectivity index (χ2v) is 3.09. The molecule has 0 saturated heterocycles. The van der Waals surface area contributed by atoms with Crippen LogP contribution in [0.15, 0.2) is 18.2 Å². The first-order valence-electron chi connectivity index (χ1n) is 4.57. The Balaban J connectivity index is 2.90. The van der Waals surface area contributed by atoms with Crippen LogP contribution in [0.1, 0.15) is 16.8 Å². The van der Waals surface area contributed by atoms with Crippen LogP contribution in [0.5, 0.6) is 0 Å². The monoisotopic (exact) mass is 226 g/mol. The van der Waals surface area contributed by atoms with E-state index >= 15 is 0 Å². The van der Waals surface area contributed by atoms with Gasteiger partial charge in [-0.3, -0.25) is 4.79 Å². The molecule has 0 heterocycles. The van der Waals surface area contributed by atoms with E-state index < -0.39 is 17.7 Å². The van der Waals surface area contributed by atoms with Gasteiger partial charge in [-0.05, 0) is 18.2 Å². The average molecular weight is 226 g/mol. The molecular weight excluding hydrogens is 215 g/mol. The van der Waals surface area contributed by atoms with Crippen molar-refractivity contribution >= 4 is 17.6 Å². The van der Waals surface area contributed by atoms with Gasteiger partial charge in [0, 0.05) is 13.0 Å². The highest BCUT2D eigenvalue weighted by atomic mass is 19.1. The lowest BCUT2D eigenvalue weighted by atomic mass is 10.2. The maximum absolute atomic E-state index is 13.2. The number of benzene rings is 1. The lowest BCUT2D eigenvalue weighted by Gasteiger charge is -2.06. The molecule has 1 amide bonds. The van der Waals surface area contributed by atoms with Gasteiger partial charge in [-0.2, -0.15) is 0 Å². The quantitative estimate of drug-likeness (QED) is 0.708. The van der Waals surface area contributed by atoms with Crippen LogP contribution in [0.2, 0.25) is 0 Å². The summed E-state index contributed by atoms with van der Waals surface area (Å²) in [6.45, 7) is 0.145. The van der Waals surface area contributed by atoms with E-state index in [1.165, 1.54) is 0 Å². The minimum Gasteiger partial charge on any atom is -0.478 e. The maximum Gasteiger partial charge on any atom is 0.335 e. The molecule has 0 aliphatic rings. The predicted molar refractivity (Wildman–Crippen MR) is 55.7 cm³/mol. The van der Waals surface area contributed by atoms with E-state index in [0.717, 1.165) is 18.2 Å². The number of nitrogens with two attached hydrogens (primary N) is 1. The third-order valence-electron chi connectivity index (χ3n) is 1.86. The number of halogens is 1. The second-order valence-electron chi connectivity index (χ2n) is 3.09. The lowest BCUT2D eigenvalue weighted by molar-refractivity contribution is -0.116. The molecule has 16 heavy (non-hydrogen) atoms. The third kappa shape index (κ3) is 3.03. The molecule has 0 unspecified atom stereocenters. The number of carbonyl (C=O) groups is 2. The standard InChI is InChI=1S/C10H11FN2O3/c11-7-2-1-6(10(15)16)5-8(7)13-9(14)3-4-12/h1-2,5H,3-4,12H2,(H,13,14)(H,15,16). The minimum atomic E-state index is -1.19. The van der Waals surface area contributed by atoms with Crippen molar-refractivity contribution in [2.75, 3.05) is 11.9 Å². The van der Waals surface area contributed by atoms with Gasteiger partial charge in [-0.15, -0.1) is 0 Å². The molecule has 0 aromatic heterocycles. The number of nitrogens with one attached hydrogen (secondary N) is 1. The molecule has 0 saturated carbocycles. The van der Waals surface area contributed by atoms with Crippen LogP contribution in [0, 0.1) is 5.82 Å². The Hall–Kier alpha value is -1.95. The van der Waals surface area contributed by atoms with Crippen molar-refractivity contribution in [1.29, 1.82) is 0 Å². The van der Waals surface area contributed by atoms with Gasteiger partial charge < -0.3 is 16.2 Å². The van der Waals surface area contributed by atoms with E-state index in [0.29, 0.717) is 0 Å². The van der Waals surface area contributed by atoms with Crippen LogP contribution >= 0.6 is 0 Å². The Morgan fingerprint density at radius 1 is 1.44 bits per heavy atom. The first kappa shape index (κ1) is 12.1. The van der Waals surface area contributed by atoms with E-state index in [-0.39, 0.29) is 24.2 Å². The molecular formula is C10H11FN2O3. The Bertz CT molecular complexity index is 421. The number of aromatic carboxylic acids is 1. The minimum absolute atomic E-state index is 0.0523. The SMILES string of the molecule is NCCC(=O)Nc1cc(C(=O)O)ccc1F. The molecule has 4 N–H and O–H groups in total. The Morgan fingerprint density at radius 2 is 2.12 bits per heavy atom. The summed E-state index contributed by atoms with van der Waals surface area (Å²) in [6.07, 6.45) is 0.0523. The van der Waals surface area contributed by atoms with Crippen molar-refractivity contribution in [3.8, 4) is 0 Å². The normalized spacial score (nSPS) is 9.88. The largest absolute Gasteiger partial charge is 0.478 e. The van der Waals surface area contributed by atoms with E-state index in [9.17, 15) is 14.0 Å². The summed E-state index contributed by atoms with van der Waals surface area (Å²) in [5.74, 6) is -2.33. The second kappa shape index (κ2) is 5.22. The molecule has 0 atom stereocenters. The zero-order valence-corrected chi connectivity index (χ0v) is 8.37. The fraction of sp³-hybridized carbons (Fsp3) is 0.200. The van der Waals surface area contributed by atoms with Gasteiger partial charge in [0.15, 0.2) is 0 Å². The summed E-state index contributed by atoms with van der Waals surface area (Å²) in [7, 11) is 0. The number of hydrogen-bond acceptors (Lipinski definition) is 3. The first-order chi connectivity index (χ1) is 7.54. The van der Waals surface area contributed by atoms with Crippen LogP contribution in [0.25, 0.3) is 0 Å². The number of carbonyl (C=O) groups excluding carboxylic acids is 1. The highest BCUT2D eigenvalue weighted by molar-refractivity contribution is 5.94. The zero-order chi connectivity index (χ0) is 12.1. The smallest absolute Gasteiger partial charge is 0.335 e. The van der Waals surface area contributed by atoms with Crippen molar-refractivity contribution in [2.45, 2.75) is 6.42 Å². The van der Waals surface area contributed by atoms with E-state index in [4.69, 9.17) is 10.8 Å². The van der Waals surface area contributed by atoms with E-state index in [1.54, 1.807) is 0 Å². The molecule has 0 fully saturated rings. The number of carboxylic acids is 1. The van der Waals surface area contributed by atoms with Crippen LogP contribution in [0.4, 0.5) is 10.1 Å². The van der Waals surface area contributed by atoms with E-state index in [2.05, 4.69) is 5.32 Å². The van der Waals surface area contributed by atoms with Gasteiger partial charge in [0.05, 0.1) is 11.3 Å². The molecule has 0 aliphatic carbocycles. The number of carboxylic acid groups (broad SMARTS) is 1. The van der Waals surface area contributed by atoms with Crippen LogP contribution < -0.4 is 11.1 Å². The van der Waals surface area contributed by atoms with Gasteiger partial charge in [0.1, 0.15) is 5.82 Å². The Morgan fingerprint density at radius 3 is 2.69 bits per heavy atom. The van der Waals surface area contributed by atoms with Crippen LogP contribution in [-0.2, 0) is 4.79 Å². The number of amides is 1. The van der Waals surface area contributed by atoms with Crippen molar-refractivity contribution in [3.63, 3.8) is 0 Å². The van der Waals surface area contributed by atoms with Crippen molar-refractivity contribution in [1.82, 2.24) is 0 Å². The fourth-order valence-corrected chi connectivity index (χ4v) is 1.10. The molecule has 1 rings (SSSR count). The van der Waals surface area contributed by atoms with Crippen molar-refractivity contribution in [2.24, 2.45) is 5.73 Å². The summed E-state index contributed by atoms with van der Waals surface area (Å²) < 4.78 is 13.2. The summed E-state index contributed by atoms with van der Waals surface area (Å²) in [5.41, 5.74) is 4.90. The number of anilines is 1.